The lowest BCUT2D eigenvalue weighted by atomic mass is 10.2. The van der Waals surface area contributed by atoms with Gasteiger partial charge in [-0.1, -0.05) is 11.6 Å². The zero-order valence-corrected chi connectivity index (χ0v) is 14.6. The number of amides is 1. The monoisotopic (exact) mass is 401 g/mol. The van der Waals surface area contributed by atoms with E-state index in [0.29, 0.717) is 10.7 Å². The lowest BCUT2D eigenvalue weighted by Crippen LogP contribution is -2.20. The molecular formula is C16H12ClF4N5O. The lowest BCUT2D eigenvalue weighted by molar-refractivity contribution is -0.117. The minimum Gasteiger partial charge on any atom is -0.308 e. The Balaban J connectivity index is 1.71. The SMILES string of the molecule is Cc1c(Cl)cnn1CC(=O)Nc1ccn(Cc2c(F)c(F)cc(F)c2F)n1. The summed E-state index contributed by atoms with van der Waals surface area (Å²) in [7, 11) is 0. The molecule has 3 rings (SSSR count). The second kappa shape index (κ2) is 7.39. The van der Waals surface area contributed by atoms with Crippen molar-refractivity contribution in [3.05, 3.63) is 64.1 Å². The Morgan fingerprint density at radius 2 is 1.89 bits per heavy atom. The maximum atomic E-state index is 13.7. The number of halogens is 5. The van der Waals surface area contributed by atoms with Gasteiger partial charge in [-0.25, -0.2) is 17.6 Å². The van der Waals surface area contributed by atoms with Crippen molar-refractivity contribution in [2.45, 2.75) is 20.0 Å². The van der Waals surface area contributed by atoms with E-state index >= 15 is 0 Å². The Morgan fingerprint density at radius 3 is 2.48 bits per heavy atom. The molecule has 0 saturated heterocycles. The number of benzene rings is 1. The zero-order chi connectivity index (χ0) is 19.7. The minimum absolute atomic E-state index is 0.0913. The number of aromatic nitrogens is 4. The molecule has 0 unspecified atom stereocenters. The summed E-state index contributed by atoms with van der Waals surface area (Å²) in [6.45, 7) is 1.01. The predicted molar refractivity (Wildman–Crippen MR) is 88.2 cm³/mol. The third-order valence-corrected chi connectivity index (χ3v) is 4.14. The van der Waals surface area contributed by atoms with Gasteiger partial charge in [0, 0.05) is 18.3 Å². The van der Waals surface area contributed by atoms with E-state index in [2.05, 4.69) is 15.5 Å². The first-order valence-electron chi connectivity index (χ1n) is 7.59. The van der Waals surface area contributed by atoms with Crippen molar-refractivity contribution in [3.8, 4) is 0 Å². The first-order chi connectivity index (χ1) is 12.8. The van der Waals surface area contributed by atoms with Gasteiger partial charge >= 0.3 is 0 Å². The molecule has 27 heavy (non-hydrogen) atoms. The van der Waals surface area contributed by atoms with Crippen LogP contribution in [0.4, 0.5) is 23.4 Å². The second-order valence-electron chi connectivity index (χ2n) is 5.63. The predicted octanol–water partition coefficient (Wildman–Crippen LogP) is 3.28. The van der Waals surface area contributed by atoms with E-state index in [0.717, 1.165) is 4.68 Å². The normalized spacial score (nSPS) is 11.0. The Morgan fingerprint density at radius 1 is 1.22 bits per heavy atom. The van der Waals surface area contributed by atoms with Crippen LogP contribution in [0.3, 0.4) is 0 Å². The van der Waals surface area contributed by atoms with E-state index in [4.69, 9.17) is 11.6 Å². The van der Waals surface area contributed by atoms with Crippen LogP contribution in [0.15, 0.2) is 24.5 Å². The van der Waals surface area contributed by atoms with Gasteiger partial charge in [0.25, 0.3) is 0 Å². The topological polar surface area (TPSA) is 64.7 Å². The molecule has 0 spiro atoms. The van der Waals surface area contributed by atoms with Gasteiger partial charge in [0.1, 0.15) is 6.54 Å². The lowest BCUT2D eigenvalue weighted by Gasteiger charge is -2.07. The van der Waals surface area contributed by atoms with Crippen LogP contribution < -0.4 is 5.32 Å². The van der Waals surface area contributed by atoms with Crippen molar-refractivity contribution in [1.29, 1.82) is 0 Å². The van der Waals surface area contributed by atoms with Crippen LogP contribution in [0, 0.1) is 30.2 Å². The van der Waals surface area contributed by atoms with Crippen LogP contribution in [-0.2, 0) is 17.9 Å². The molecule has 0 aliphatic carbocycles. The van der Waals surface area contributed by atoms with Crippen molar-refractivity contribution >= 4 is 23.3 Å². The summed E-state index contributed by atoms with van der Waals surface area (Å²) in [5.41, 5.74) is -0.202. The molecule has 0 saturated carbocycles. The van der Waals surface area contributed by atoms with Gasteiger partial charge in [-0.05, 0) is 6.92 Å². The Labute approximate surface area is 155 Å². The molecule has 0 bridgehead atoms. The van der Waals surface area contributed by atoms with Gasteiger partial charge in [0.05, 0.1) is 29.0 Å². The van der Waals surface area contributed by atoms with Crippen molar-refractivity contribution in [3.63, 3.8) is 0 Å². The molecule has 2 aromatic heterocycles. The van der Waals surface area contributed by atoms with Crippen molar-refractivity contribution in [2.24, 2.45) is 0 Å². The number of anilines is 1. The highest BCUT2D eigenvalue weighted by Gasteiger charge is 2.20. The Hall–Kier alpha value is -2.88. The summed E-state index contributed by atoms with van der Waals surface area (Å²) in [5.74, 6) is -6.37. The highest BCUT2D eigenvalue weighted by molar-refractivity contribution is 6.31. The van der Waals surface area contributed by atoms with E-state index in [1.54, 1.807) is 6.92 Å². The van der Waals surface area contributed by atoms with Crippen molar-refractivity contribution in [2.75, 3.05) is 5.32 Å². The van der Waals surface area contributed by atoms with E-state index in [9.17, 15) is 22.4 Å². The third-order valence-electron chi connectivity index (χ3n) is 3.77. The average Bonchev–Trinajstić information content (AvgIpc) is 3.18. The Bertz CT molecular complexity index is 990. The molecule has 2 heterocycles. The summed E-state index contributed by atoms with van der Waals surface area (Å²) in [6.07, 6.45) is 2.70. The van der Waals surface area contributed by atoms with Gasteiger partial charge in [0.2, 0.25) is 5.91 Å². The molecule has 142 valence electrons. The molecule has 1 N–H and O–H groups in total. The fraction of sp³-hybridized carbons (Fsp3) is 0.188. The fourth-order valence-corrected chi connectivity index (χ4v) is 2.48. The van der Waals surface area contributed by atoms with Crippen LogP contribution in [0.25, 0.3) is 0 Å². The largest absolute Gasteiger partial charge is 0.308 e. The molecule has 6 nitrogen and oxygen atoms in total. The van der Waals surface area contributed by atoms with E-state index in [-0.39, 0.29) is 18.4 Å². The first kappa shape index (κ1) is 18.9. The number of carbonyl (C=O) groups excluding carboxylic acids is 1. The quantitative estimate of drug-likeness (QED) is 0.527. The molecule has 0 atom stereocenters. The van der Waals surface area contributed by atoms with E-state index in [1.165, 1.54) is 23.1 Å². The average molecular weight is 402 g/mol. The van der Waals surface area contributed by atoms with E-state index < -0.39 is 41.3 Å². The molecule has 0 aliphatic heterocycles. The van der Waals surface area contributed by atoms with Crippen molar-refractivity contribution < 1.29 is 22.4 Å². The second-order valence-corrected chi connectivity index (χ2v) is 6.04. The number of rotatable bonds is 5. The maximum Gasteiger partial charge on any atom is 0.247 e. The van der Waals surface area contributed by atoms with Crippen LogP contribution >= 0.6 is 11.6 Å². The molecular weight excluding hydrogens is 390 g/mol. The number of hydrogen-bond acceptors (Lipinski definition) is 3. The smallest absolute Gasteiger partial charge is 0.247 e. The number of hydrogen-bond donors (Lipinski definition) is 1. The molecule has 0 fully saturated rings. The summed E-state index contributed by atoms with van der Waals surface area (Å²) in [6, 6.07) is 1.50. The maximum absolute atomic E-state index is 13.7. The highest BCUT2D eigenvalue weighted by atomic mass is 35.5. The number of nitrogens with one attached hydrogen (secondary N) is 1. The van der Waals surface area contributed by atoms with Gasteiger partial charge in [0.15, 0.2) is 29.1 Å². The van der Waals surface area contributed by atoms with Crippen LogP contribution in [-0.4, -0.2) is 25.5 Å². The summed E-state index contributed by atoms with van der Waals surface area (Å²) in [4.78, 5) is 12.0. The third kappa shape index (κ3) is 3.95. The summed E-state index contributed by atoms with van der Waals surface area (Å²) in [5, 5.41) is 10.7. The van der Waals surface area contributed by atoms with Gasteiger partial charge in [-0.3, -0.25) is 14.2 Å². The minimum atomic E-state index is -1.50. The molecule has 3 aromatic rings. The standard InChI is InChI=1S/C16H12ClF4N5O/c1-8-10(17)5-22-26(8)7-14(27)23-13-2-3-25(24-13)6-9-15(20)11(18)4-12(19)16(9)21/h2-5H,6-7H2,1H3,(H,23,24,27). The van der Waals surface area contributed by atoms with Gasteiger partial charge in [-0.2, -0.15) is 10.2 Å². The van der Waals surface area contributed by atoms with Gasteiger partial charge < -0.3 is 5.32 Å². The van der Waals surface area contributed by atoms with Crippen molar-refractivity contribution in [1.82, 2.24) is 19.6 Å². The van der Waals surface area contributed by atoms with Gasteiger partial charge in [-0.15, -0.1) is 0 Å². The summed E-state index contributed by atoms with van der Waals surface area (Å²) >= 11 is 5.86. The molecule has 11 heteroatoms. The van der Waals surface area contributed by atoms with Crippen LogP contribution in [0.5, 0.6) is 0 Å². The zero-order valence-electron chi connectivity index (χ0n) is 13.8. The fourth-order valence-electron chi connectivity index (χ4n) is 2.34. The van der Waals surface area contributed by atoms with Crippen LogP contribution in [0.1, 0.15) is 11.3 Å². The molecule has 0 aliphatic rings. The molecule has 0 radical (unpaired) electrons. The number of nitrogens with zero attached hydrogens (tertiary/aromatic N) is 4. The first-order valence-corrected chi connectivity index (χ1v) is 7.97. The van der Waals surface area contributed by atoms with Crippen LogP contribution in [0.2, 0.25) is 5.02 Å². The molecule has 1 amide bonds. The number of carbonyl (C=O) groups is 1. The summed E-state index contributed by atoms with van der Waals surface area (Å²) < 4.78 is 56.4. The molecule has 1 aromatic carbocycles. The van der Waals surface area contributed by atoms with E-state index in [1.807, 2.05) is 0 Å². The highest BCUT2D eigenvalue weighted by Crippen LogP contribution is 2.20. The Kier molecular flexibility index (Phi) is 5.17.